The number of rotatable bonds is 5. The first-order valence-electron chi connectivity index (χ1n) is 14.3. The molecule has 13 nitrogen and oxygen atoms in total. The van der Waals surface area contributed by atoms with Crippen LogP contribution in [0.15, 0.2) is 11.6 Å². The van der Waals surface area contributed by atoms with Gasteiger partial charge >= 0.3 is 35.8 Å². The molecule has 43 heavy (non-hydrogen) atoms. The number of fused-ring (bicyclic) bond motifs is 1. The number of esters is 6. The molecule has 0 bridgehead atoms. The zero-order chi connectivity index (χ0) is 32.2. The predicted octanol–water partition coefficient (Wildman–Crippen LogP) is 2.11. The summed E-state index contributed by atoms with van der Waals surface area (Å²) in [6.07, 6.45) is -4.94. The van der Waals surface area contributed by atoms with Crippen molar-refractivity contribution in [1.82, 2.24) is 0 Å². The Morgan fingerprint density at radius 3 is 1.81 bits per heavy atom. The molecule has 1 spiro atoms. The molecule has 2 aliphatic heterocycles. The highest BCUT2D eigenvalue weighted by molar-refractivity contribution is 5.89. The molecule has 2 aliphatic carbocycles. The molecule has 13 heteroatoms. The van der Waals surface area contributed by atoms with Gasteiger partial charge in [-0.3, -0.25) is 24.0 Å². The molecule has 2 saturated heterocycles. The van der Waals surface area contributed by atoms with Gasteiger partial charge in [0.25, 0.3) is 0 Å². The third kappa shape index (κ3) is 5.40. The van der Waals surface area contributed by atoms with Crippen molar-refractivity contribution in [3.8, 4) is 0 Å². The second kappa shape index (κ2) is 11.2. The molecule has 4 rings (SSSR count). The maximum absolute atomic E-state index is 13.2. The highest BCUT2D eigenvalue weighted by atomic mass is 16.7. The minimum Gasteiger partial charge on any atom is -0.462 e. The molecule has 0 aromatic rings. The van der Waals surface area contributed by atoms with E-state index in [2.05, 4.69) is 0 Å². The molecular weight excluding hydrogens is 568 g/mol. The topological polar surface area (TPSA) is 170 Å². The normalized spacial score (nSPS) is 42.7. The summed E-state index contributed by atoms with van der Waals surface area (Å²) < 4.78 is 41.4. The van der Waals surface area contributed by atoms with Crippen LogP contribution in [0.4, 0.5) is 0 Å². The van der Waals surface area contributed by atoms with E-state index in [1.165, 1.54) is 34.6 Å². The predicted molar refractivity (Wildman–Crippen MR) is 144 cm³/mol. The minimum atomic E-state index is -1.52. The summed E-state index contributed by atoms with van der Waals surface area (Å²) in [4.78, 5) is 75.9. The van der Waals surface area contributed by atoms with Gasteiger partial charge in [-0.15, -0.1) is 0 Å². The van der Waals surface area contributed by atoms with Crippen molar-refractivity contribution >= 4 is 35.8 Å². The van der Waals surface area contributed by atoms with E-state index in [-0.39, 0.29) is 12.8 Å². The van der Waals surface area contributed by atoms with Crippen LogP contribution < -0.4 is 0 Å². The van der Waals surface area contributed by atoms with Crippen LogP contribution >= 0.6 is 0 Å². The van der Waals surface area contributed by atoms with Gasteiger partial charge in [0.1, 0.15) is 30.5 Å². The molecule has 11 atom stereocenters. The first-order valence-corrected chi connectivity index (χ1v) is 14.3. The molecule has 0 radical (unpaired) electrons. The van der Waals surface area contributed by atoms with Gasteiger partial charge in [-0.25, -0.2) is 4.79 Å². The number of hydrogen-bond donors (Lipinski definition) is 0. The molecule has 238 valence electrons. The monoisotopic (exact) mass is 608 g/mol. The van der Waals surface area contributed by atoms with Crippen LogP contribution in [0.2, 0.25) is 0 Å². The van der Waals surface area contributed by atoms with E-state index in [9.17, 15) is 28.8 Å². The largest absolute Gasteiger partial charge is 0.462 e. The molecule has 0 aromatic heterocycles. The van der Waals surface area contributed by atoms with E-state index in [1.54, 1.807) is 33.8 Å². The summed E-state index contributed by atoms with van der Waals surface area (Å²) in [6, 6.07) is 0. The summed E-state index contributed by atoms with van der Waals surface area (Å²) in [5.41, 5.74) is -3.89. The lowest BCUT2D eigenvalue weighted by Crippen LogP contribution is -2.68. The first-order chi connectivity index (χ1) is 19.9. The average molecular weight is 609 g/mol. The fourth-order valence-electron chi connectivity index (χ4n) is 7.67. The van der Waals surface area contributed by atoms with Crippen LogP contribution in [0.5, 0.6) is 0 Å². The minimum absolute atomic E-state index is 0.0104. The Morgan fingerprint density at radius 1 is 0.791 bits per heavy atom. The smallest absolute Gasteiger partial charge is 0.342 e. The van der Waals surface area contributed by atoms with Crippen molar-refractivity contribution in [2.45, 2.75) is 123 Å². The molecule has 0 aromatic carbocycles. The maximum Gasteiger partial charge on any atom is 0.342 e. The Morgan fingerprint density at radius 2 is 1.30 bits per heavy atom. The zero-order valence-corrected chi connectivity index (χ0v) is 25.9. The van der Waals surface area contributed by atoms with Crippen LogP contribution in [0.1, 0.15) is 75.2 Å². The Kier molecular flexibility index (Phi) is 8.46. The fraction of sp³-hybridized carbons (Fsp3) is 0.733. The Balaban J connectivity index is 2.09. The Hall–Kier alpha value is -3.48. The third-order valence-electron chi connectivity index (χ3n) is 9.32. The summed E-state index contributed by atoms with van der Waals surface area (Å²) >= 11 is 0. The molecule has 4 aliphatic rings. The van der Waals surface area contributed by atoms with Crippen LogP contribution in [0.3, 0.4) is 0 Å². The van der Waals surface area contributed by atoms with Gasteiger partial charge in [0.2, 0.25) is 0 Å². The SMILES string of the molecule is CC(=O)OC1[C@H]2[C@@H](C)[C@@H](OC(C)=O)C[C@H](OC(C)=O)[C@@]2(C)[C@@H](OC(C)=O)[C@@H](OC(C)=O)C/C(C)=C\[C@@H]2OC(=O)[C@]3(C)O[C@@]123. The number of hydrogen-bond acceptors (Lipinski definition) is 13. The number of carbonyl (C=O) groups is 6. The van der Waals surface area contributed by atoms with Gasteiger partial charge < -0.3 is 33.2 Å². The van der Waals surface area contributed by atoms with Crippen LogP contribution in [0, 0.1) is 17.3 Å². The molecule has 0 N–H and O–H groups in total. The van der Waals surface area contributed by atoms with Gasteiger partial charge in [0.05, 0.1) is 5.41 Å². The quantitative estimate of drug-likeness (QED) is 0.193. The summed E-state index contributed by atoms with van der Waals surface area (Å²) in [6.45, 7) is 12.8. The van der Waals surface area contributed by atoms with Crippen molar-refractivity contribution in [2.24, 2.45) is 17.3 Å². The molecule has 1 unspecified atom stereocenters. The van der Waals surface area contributed by atoms with E-state index in [0.717, 1.165) is 0 Å². The Labute approximate surface area is 249 Å². The van der Waals surface area contributed by atoms with E-state index in [4.69, 9.17) is 33.2 Å². The van der Waals surface area contributed by atoms with E-state index < -0.39 is 101 Å². The highest BCUT2D eigenvalue weighted by Gasteiger charge is 2.87. The van der Waals surface area contributed by atoms with Crippen molar-refractivity contribution in [1.29, 1.82) is 0 Å². The van der Waals surface area contributed by atoms with Gasteiger partial charge in [-0.1, -0.05) is 19.4 Å². The molecular formula is C30H40O13. The maximum atomic E-state index is 13.2. The summed E-state index contributed by atoms with van der Waals surface area (Å²) in [5, 5.41) is 0. The lowest BCUT2D eigenvalue weighted by Gasteiger charge is -2.57. The van der Waals surface area contributed by atoms with Gasteiger partial charge in [-0.05, 0) is 19.9 Å². The zero-order valence-electron chi connectivity index (χ0n) is 25.9. The lowest BCUT2D eigenvalue weighted by molar-refractivity contribution is -0.247. The Bertz CT molecular complexity index is 1260. The first kappa shape index (κ1) is 32.4. The van der Waals surface area contributed by atoms with Gasteiger partial charge in [-0.2, -0.15) is 0 Å². The molecule has 1 saturated carbocycles. The summed E-state index contributed by atoms with van der Waals surface area (Å²) in [5.74, 6) is -5.64. The second-order valence-corrected chi connectivity index (χ2v) is 12.4. The molecule has 0 amide bonds. The fourth-order valence-corrected chi connectivity index (χ4v) is 7.67. The standard InChI is InChI=1S/C30H40O13/c1-13-10-21(38-16(4)32)25(40-18(6)34)28(8)22(39-17(5)33)12-20(37-15(3)31)14(2)24(28)26(41-19(7)35)30-23(11-13)42-27(36)29(30,9)43-30/h11,14,20-26H,10,12H2,1-9H3/b13-11-/t14-,20-,21-,22-,23-,24+,25-,26?,28+,29-,30+/m0/s1. The van der Waals surface area contributed by atoms with Crippen LogP contribution in [-0.4, -0.2) is 83.6 Å². The lowest BCUT2D eigenvalue weighted by atomic mass is 9.52. The van der Waals surface area contributed by atoms with E-state index in [0.29, 0.717) is 5.57 Å². The highest BCUT2D eigenvalue weighted by Crippen LogP contribution is 2.66. The van der Waals surface area contributed by atoms with Crippen molar-refractivity contribution in [2.75, 3.05) is 0 Å². The molecule has 3 fully saturated rings. The number of carbonyl (C=O) groups excluding carboxylic acids is 6. The number of epoxide rings is 1. The third-order valence-corrected chi connectivity index (χ3v) is 9.32. The van der Waals surface area contributed by atoms with Crippen LogP contribution in [0.25, 0.3) is 0 Å². The van der Waals surface area contributed by atoms with Crippen molar-refractivity contribution in [3.05, 3.63) is 11.6 Å². The van der Waals surface area contributed by atoms with Gasteiger partial charge in [0, 0.05) is 59.3 Å². The average Bonchev–Trinajstić information content (AvgIpc) is 3.44. The van der Waals surface area contributed by atoms with Gasteiger partial charge in [0.15, 0.2) is 17.3 Å². The number of ether oxygens (including phenoxy) is 7. The van der Waals surface area contributed by atoms with Crippen molar-refractivity contribution in [3.63, 3.8) is 0 Å². The van der Waals surface area contributed by atoms with E-state index >= 15 is 0 Å². The van der Waals surface area contributed by atoms with Crippen molar-refractivity contribution < 1.29 is 61.9 Å². The van der Waals surface area contributed by atoms with E-state index in [1.807, 2.05) is 0 Å². The second-order valence-electron chi connectivity index (χ2n) is 12.4. The molecule has 2 heterocycles. The summed E-state index contributed by atoms with van der Waals surface area (Å²) in [7, 11) is 0. The van der Waals surface area contributed by atoms with Crippen LogP contribution in [-0.2, 0) is 61.9 Å².